The quantitative estimate of drug-likeness (QED) is 0.258. The summed E-state index contributed by atoms with van der Waals surface area (Å²) < 4.78 is 5.55. The molecule has 4 aromatic rings. The van der Waals surface area contributed by atoms with Gasteiger partial charge in [0.25, 0.3) is 5.91 Å². The van der Waals surface area contributed by atoms with Crippen LogP contribution in [-0.2, 0) is 17.6 Å². The third kappa shape index (κ3) is 4.67. The molecule has 0 atom stereocenters. The molecule has 0 spiro atoms. The molecule has 36 heavy (non-hydrogen) atoms. The standard InChI is InChI=1S/C31H28N2O2S/c1-4-21-10-15-24(16-11-21)32-31-33(25-17-12-22(5-2)13-18-25)30(34)29(36-31)20-23-14-19-28(35-3)27-9-7-6-8-26(23)27/h6-20H,4-5H2,1-3H3/b29-20+,32-31?. The van der Waals surface area contributed by atoms with E-state index in [1.54, 1.807) is 12.0 Å². The van der Waals surface area contributed by atoms with Crippen LogP contribution in [0.4, 0.5) is 11.4 Å². The van der Waals surface area contributed by atoms with Crippen molar-refractivity contribution in [1.29, 1.82) is 0 Å². The fraction of sp³-hybridized carbons (Fsp3) is 0.161. The van der Waals surface area contributed by atoms with Crippen molar-refractivity contribution in [1.82, 2.24) is 0 Å². The highest BCUT2D eigenvalue weighted by atomic mass is 32.2. The highest BCUT2D eigenvalue weighted by Crippen LogP contribution is 2.39. The zero-order valence-electron chi connectivity index (χ0n) is 20.7. The van der Waals surface area contributed by atoms with Gasteiger partial charge < -0.3 is 4.74 Å². The Kier molecular flexibility index (Phi) is 6.92. The molecular weight excluding hydrogens is 464 g/mol. The van der Waals surface area contributed by atoms with Gasteiger partial charge in [-0.25, -0.2) is 4.99 Å². The number of amidine groups is 1. The summed E-state index contributed by atoms with van der Waals surface area (Å²) in [4.78, 5) is 21.0. The molecule has 1 heterocycles. The Bertz CT molecular complexity index is 1470. The Hall–Kier alpha value is -3.83. The van der Waals surface area contributed by atoms with Crippen molar-refractivity contribution in [2.45, 2.75) is 26.7 Å². The Morgan fingerprint density at radius 1 is 0.833 bits per heavy atom. The maximum atomic E-state index is 13.8. The van der Waals surface area contributed by atoms with Gasteiger partial charge in [0, 0.05) is 5.39 Å². The summed E-state index contributed by atoms with van der Waals surface area (Å²) in [6, 6.07) is 28.4. The highest BCUT2D eigenvalue weighted by molar-refractivity contribution is 8.19. The lowest BCUT2D eigenvalue weighted by Gasteiger charge is -2.16. The molecule has 180 valence electrons. The zero-order valence-corrected chi connectivity index (χ0v) is 21.5. The molecule has 0 bridgehead atoms. The SMILES string of the molecule is CCc1ccc(N=C2S/C(=C/c3ccc(OC)c4ccccc34)C(=O)N2c2ccc(CC)cc2)cc1. The summed E-state index contributed by atoms with van der Waals surface area (Å²) >= 11 is 1.41. The van der Waals surface area contributed by atoms with E-state index in [0.717, 1.165) is 46.3 Å². The van der Waals surface area contributed by atoms with E-state index < -0.39 is 0 Å². The minimum atomic E-state index is -0.0759. The molecule has 0 aliphatic carbocycles. The second-order valence-corrected chi connectivity index (χ2v) is 9.60. The summed E-state index contributed by atoms with van der Waals surface area (Å²) in [5, 5.41) is 2.71. The molecule has 1 fully saturated rings. The van der Waals surface area contributed by atoms with Crippen molar-refractivity contribution in [3.05, 3.63) is 107 Å². The third-order valence-corrected chi connectivity index (χ3v) is 7.37. The molecule has 0 aromatic heterocycles. The van der Waals surface area contributed by atoms with Gasteiger partial charge in [0.2, 0.25) is 0 Å². The molecule has 5 heteroatoms. The predicted molar refractivity (Wildman–Crippen MR) is 152 cm³/mol. The number of hydrogen-bond acceptors (Lipinski definition) is 4. The first-order valence-electron chi connectivity index (χ1n) is 12.2. The van der Waals surface area contributed by atoms with E-state index in [2.05, 4.69) is 44.2 Å². The first kappa shape index (κ1) is 23.9. The van der Waals surface area contributed by atoms with Crippen molar-refractivity contribution in [2.75, 3.05) is 12.0 Å². The molecule has 4 nitrogen and oxygen atoms in total. The molecule has 1 aliphatic heterocycles. The van der Waals surface area contributed by atoms with E-state index in [1.165, 1.54) is 22.9 Å². The van der Waals surface area contributed by atoms with E-state index in [-0.39, 0.29) is 5.91 Å². The third-order valence-electron chi connectivity index (χ3n) is 6.40. The zero-order chi connectivity index (χ0) is 25.1. The fourth-order valence-corrected chi connectivity index (χ4v) is 5.31. The number of fused-ring (bicyclic) bond motifs is 1. The highest BCUT2D eigenvalue weighted by Gasteiger charge is 2.35. The second-order valence-electron chi connectivity index (χ2n) is 8.59. The number of aliphatic imine (C=N–C) groups is 1. The van der Waals surface area contributed by atoms with Gasteiger partial charge in [0.1, 0.15) is 5.75 Å². The Labute approximate surface area is 216 Å². The van der Waals surface area contributed by atoms with Crippen molar-refractivity contribution in [3.8, 4) is 5.75 Å². The first-order chi connectivity index (χ1) is 17.6. The number of anilines is 1. The normalized spacial score (nSPS) is 15.9. The van der Waals surface area contributed by atoms with Gasteiger partial charge >= 0.3 is 0 Å². The lowest BCUT2D eigenvalue weighted by atomic mass is 10.0. The van der Waals surface area contributed by atoms with Crippen LogP contribution < -0.4 is 9.64 Å². The van der Waals surface area contributed by atoms with Crippen molar-refractivity contribution in [2.24, 2.45) is 4.99 Å². The van der Waals surface area contributed by atoms with Crippen LogP contribution >= 0.6 is 11.8 Å². The summed E-state index contributed by atoms with van der Waals surface area (Å²) in [6.45, 7) is 4.26. The molecule has 5 rings (SSSR count). The first-order valence-corrected chi connectivity index (χ1v) is 13.0. The van der Waals surface area contributed by atoms with Gasteiger partial charge in [-0.15, -0.1) is 0 Å². The lowest BCUT2D eigenvalue weighted by molar-refractivity contribution is -0.113. The molecule has 1 amide bonds. The maximum absolute atomic E-state index is 13.8. The lowest BCUT2D eigenvalue weighted by Crippen LogP contribution is -2.28. The van der Waals surface area contributed by atoms with Crippen molar-refractivity contribution in [3.63, 3.8) is 0 Å². The summed E-state index contributed by atoms with van der Waals surface area (Å²) in [5.74, 6) is 0.738. The average Bonchev–Trinajstić information content (AvgIpc) is 3.23. The number of amides is 1. The summed E-state index contributed by atoms with van der Waals surface area (Å²) in [6.07, 6.45) is 3.89. The van der Waals surface area contributed by atoms with Gasteiger partial charge in [-0.2, -0.15) is 0 Å². The number of rotatable bonds is 6. The molecule has 1 aliphatic rings. The second kappa shape index (κ2) is 10.4. The van der Waals surface area contributed by atoms with Crippen LogP contribution in [0.15, 0.2) is 94.8 Å². The van der Waals surface area contributed by atoms with E-state index >= 15 is 0 Å². The number of aryl methyl sites for hydroxylation is 2. The van der Waals surface area contributed by atoms with Gasteiger partial charge in [-0.1, -0.05) is 68.4 Å². The van der Waals surface area contributed by atoms with Crippen molar-refractivity contribution < 1.29 is 9.53 Å². The smallest absolute Gasteiger partial charge is 0.271 e. The maximum Gasteiger partial charge on any atom is 0.271 e. The van der Waals surface area contributed by atoms with E-state index in [4.69, 9.17) is 9.73 Å². The number of methoxy groups -OCH3 is 1. The van der Waals surface area contributed by atoms with Crippen LogP contribution in [0.3, 0.4) is 0 Å². The molecule has 0 N–H and O–H groups in total. The van der Waals surface area contributed by atoms with Crippen LogP contribution in [0.1, 0.15) is 30.5 Å². The van der Waals surface area contributed by atoms with Crippen LogP contribution in [-0.4, -0.2) is 18.2 Å². The number of carbonyl (C=O) groups excluding carboxylic acids is 1. The van der Waals surface area contributed by atoms with Gasteiger partial charge in [0.05, 0.1) is 23.4 Å². The molecular formula is C31H28N2O2S. The molecule has 4 aromatic carbocycles. The number of nitrogens with zero attached hydrogens (tertiary/aromatic N) is 2. The molecule has 0 saturated carbocycles. The molecule has 0 unspecified atom stereocenters. The number of ether oxygens (including phenoxy) is 1. The summed E-state index contributed by atoms with van der Waals surface area (Å²) in [7, 11) is 1.67. The Balaban J connectivity index is 1.59. The molecule has 1 saturated heterocycles. The van der Waals surface area contributed by atoms with Gasteiger partial charge in [0.15, 0.2) is 5.17 Å². The van der Waals surface area contributed by atoms with E-state index in [9.17, 15) is 4.79 Å². The number of hydrogen-bond donors (Lipinski definition) is 0. The Morgan fingerprint density at radius 3 is 2.11 bits per heavy atom. The van der Waals surface area contributed by atoms with Crippen LogP contribution in [0.2, 0.25) is 0 Å². The topological polar surface area (TPSA) is 41.9 Å². The predicted octanol–water partition coefficient (Wildman–Crippen LogP) is 7.78. The van der Waals surface area contributed by atoms with E-state index in [1.807, 2.05) is 60.7 Å². The number of carbonyl (C=O) groups is 1. The average molecular weight is 493 g/mol. The monoisotopic (exact) mass is 492 g/mol. The number of thioether (sulfide) groups is 1. The van der Waals surface area contributed by atoms with Crippen LogP contribution in [0, 0.1) is 0 Å². The van der Waals surface area contributed by atoms with Crippen LogP contribution in [0.25, 0.3) is 16.8 Å². The van der Waals surface area contributed by atoms with Crippen LogP contribution in [0.5, 0.6) is 5.75 Å². The Morgan fingerprint density at radius 2 is 1.47 bits per heavy atom. The van der Waals surface area contributed by atoms with Gasteiger partial charge in [-0.05, 0) is 83.1 Å². The summed E-state index contributed by atoms with van der Waals surface area (Å²) in [5.41, 5.74) is 5.10. The van der Waals surface area contributed by atoms with E-state index in [0.29, 0.717) is 10.1 Å². The largest absolute Gasteiger partial charge is 0.496 e. The van der Waals surface area contributed by atoms with Crippen molar-refractivity contribution >= 4 is 51.1 Å². The molecule has 0 radical (unpaired) electrons. The minimum absolute atomic E-state index is 0.0759. The fourth-order valence-electron chi connectivity index (χ4n) is 4.31. The number of benzene rings is 4. The van der Waals surface area contributed by atoms with Gasteiger partial charge in [-0.3, -0.25) is 9.69 Å². The minimum Gasteiger partial charge on any atom is -0.496 e.